The zero-order chi connectivity index (χ0) is 15.1. The number of nitrogens with zero attached hydrogens (tertiary/aromatic N) is 2. The van der Waals surface area contributed by atoms with Gasteiger partial charge in [0.1, 0.15) is 0 Å². The van der Waals surface area contributed by atoms with Crippen LogP contribution in [0.25, 0.3) is 0 Å². The van der Waals surface area contributed by atoms with Gasteiger partial charge in [-0.3, -0.25) is 4.79 Å². The number of amides is 1. The summed E-state index contributed by atoms with van der Waals surface area (Å²) in [5.41, 5.74) is 8.15. The van der Waals surface area contributed by atoms with Crippen molar-refractivity contribution in [3.63, 3.8) is 0 Å². The molecular formula is C14H14BrClN4O. The van der Waals surface area contributed by atoms with Gasteiger partial charge in [0, 0.05) is 30.2 Å². The standard InChI is InChI=1S/C14H14BrClN4O/c1-20-9-5-6-18-11(12(9)19-14(20)13(17)21)7-3-2-4-8(15)10(7)16/h2-4,11,18H,5-6H2,1H3,(H2,17,21). The van der Waals surface area contributed by atoms with Gasteiger partial charge < -0.3 is 15.6 Å². The largest absolute Gasteiger partial charge is 0.363 e. The summed E-state index contributed by atoms with van der Waals surface area (Å²) in [5.74, 6) is -0.245. The van der Waals surface area contributed by atoms with Crippen LogP contribution in [-0.4, -0.2) is 22.0 Å². The molecule has 1 atom stereocenters. The maximum atomic E-state index is 11.5. The van der Waals surface area contributed by atoms with Crippen LogP contribution in [0.1, 0.15) is 33.6 Å². The molecule has 3 rings (SSSR count). The number of halogens is 2. The second-order valence-electron chi connectivity index (χ2n) is 4.97. The molecule has 1 amide bonds. The molecule has 2 heterocycles. The molecule has 1 aliphatic rings. The van der Waals surface area contributed by atoms with Crippen LogP contribution < -0.4 is 11.1 Å². The summed E-state index contributed by atoms with van der Waals surface area (Å²) in [5, 5.41) is 4.05. The van der Waals surface area contributed by atoms with Crippen LogP contribution in [-0.2, 0) is 13.5 Å². The molecule has 1 unspecified atom stereocenters. The van der Waals surface area contributed by atoms with Gasteiger partial charge in [0.05, 0.1) is 16.8 Å². The second kappa shape index (κ2) is 5.44. The van der Waals surface area contributed by atoms with Gasteiger partial charge in [0.2, 0.25) is 0 Å². The summed E-state index contributed by atoms with van der Waals surface area (Å²) in [6.07, 6.45) is 0.800. The lowest BCUT2D eigenvalue weighted by Crippen LogP contribution is -2.31. The molecule has 0 radical (unpaired) electrons. The van der Waals surface area contributed by atoms with Gasteiger partial charge in [-0.2, -0.15) is 0 Å². The minimum Gasteiger partial charge on any atom is -0.363 e. The number of carbonyl (C=O) groups excluding carboxylic acids is 1. The summed E-state index contributed by atoms with van der Waals surface area (Å²) in [4.78, 5) is 15.9. The molecule has 0 bridgehead atoms. The number of rotatable bonds is 2. The summed E-state index contributed by atoms with van der Waals surface area (Å²) < 4.78 is 2.61. The van der Waals surface area contributed by atoms with Gasteiger partial charge in [-0.05, 0) is 27.6 Å². The molecule has 0 saturated carbocycles. The fourth-order valence-corrected chi connectivity index (χ4v) is 3.35. The number of aromatic nitrogens is 2. The number of primary amides is 1. The number of nitrogens with one attached hydrogen (secondary N) is 1. The number of hydrogen-bond donors (Lipinski definition) is 2. The Labute approximate surface area is 135 Å². The van der Waals surface area contributed by atoms with Crippen LogP contribution in [0.15, 0.2) is 22.7 Å². The van der Waals surface area contributed by atoms with Crippen LogP contribution in [0.3, 0.4) is 0 Å². The average molecular weight is 370 g/mol. The second-order valence-corrected chi connectivity index (χ2v) is 6.20. The average Bonchev–Trinajstić information content (AvgIpc) is 2.80. The van der Waals surface area contributed by atoms with Crippen molar-refractivity contribution in [3.8, 4) is 0 Å². The molecule has 5 nitrogen and oxygen atoms in total. The lowest BCUT2D eigenvalue weighted by Gasteiger charge is -2.25. The van der Waals surface area contributed by atoms with Crippen LogP contribution in [0.4, 0.5) is 0 Å². The highest BCUT2D eigenvalue weighted by Crippen LogP contribution is 2.35. The lowest BCUT2D eigenvalue weighted by molar-refractivity contribution is 0.0987. The van der Waals surface area contributed by atoms with Crippen molar-refractivity contribution in [2.45, 2.75) is 12.5 Å². The molecule has 0 saturated heterocycles. The Morgan fingerprint density at radius 1 is 1.57 bits per heavy atom. The summed E-state index contributed by atoms with van der Waals surface area (Å²) in [7, 11) is 1.82. The fourth-order valence-electron chi connectivity index (χ4n) is 2.73. The first kappa shape index (κ1) is 14.6. The minimum absolute atomic E-state index is 0.141. The van der Waals surface area contributed by atoms with Crippen LogP contribution in [0.2, 0.25) is 5.02 Å². The third-order valence-electron chi connectivity index (χ3n) is 3.74. The van der Waals surface area contributed by atoms with E-state index in [-0.39, 0.29) is 11.9 Å². The zero-order valence-electron chi connectivity index (χ0n) is 11.4. The smallest absolute Gasteiger partial charge is 0.284 e. The normalized spacial score (nSPS) is 17.6. The van der Waals surface area contributed by atoms with Crippen LogP contribution in [0, 0.1) is 0 Å². The maximum absolute atomic E-state index is 11.5. The van der Waals surface area contributed by atoms with E-state index in [0.717, 1.165) is 34.4 Å². The quantitative estimate of drug-likeness (QED) is 0.852. The molecule has 0 aliphatic carbocycles. The Balaban J connectivity index is 2.15. The number of benzene rings is 1. The van der Waals surface area contributed by atoms with Crippen molar-refractivity contribution in [3.05, 3.63) is 50.5 Å². The third-order valence-corrected chi connectivity index (χ3v) is 5.05. The molecule has 110 valence electrons. The number of hydrogen-bond acceptors (Lipinski definition) is 3. The highest BCUT2D eigenvalue weighted by atomic mass is 79.9. The van der Waals surface area contributed by atoms with E-state index >= 15 is 0 Å². The molecule has 3 N–H and O–H groups in total. The van der Waals surface area contributed by atoms with Gasteiger partial charge in [-0.25, -0.2) is 4.98 Å². The molecule has 0 fully saturated rings. The molecule has 0 spiro atoms. The lowest BCUT2D eigenvalue weighted by atomic mass is 9.98. The maximum Gasteiger partial charge on any atom is 0.284 e. The molecule has 1 aliphatic heterocycles. The van der Waals surface area contributed by atoms with Gasteiger partial charge in [0.25, 0.3) is 5.91 Å². The van der Waals surface area contributed by atoms with E-state index in [1.165, 1.54) is 0 Å². The van der Waals surface area contributed by atoms with Crippen molar-refractivity contribution in [1.29, 1.82) is 0 Å². The molecular weight excluding hydrogens is 356 g/mol. The Bertz CT molecular complexity index is 728. The van der Waals surface area contributed by atoms with Crippen molar-refractivity contribution < 1.29 is 4.79 Å². The first-order valence-electron chi connectivity index (χ1n) is 6.53. The van der Waals surface area contributed by atoms with Gasteiger partial charge in [-0.1, -0.05) is 23.7 Å². The van der Waals surface area contributed by atoms with Gasteiger partial charge >= 0.3 is 0 Å². The van der Waals surface area contributed by atoms with E-state index in [4.69, 9.17) is 17.3 Å². The molecule has 1 aromatic carbocycles. The van der Waals surface area contributed by atoms with E-state index in [1.807, 2.05) is 25.2 Å². The van der Waals surface area contributed by atoms with E-state index in [2.05, 4.69) is 26.2 Å². The van der Waals surface area contributed by atoms with Crippen LogP contribution >= 0.6 is 27.5 Å². The first-order valence-corrected chi connectivity index (χ1v) is 7.70. The van der Waals surface area contributed by atoms with E-state index in [1.54, 1.807) is 4.57 Å². The van der Waals surface area contributed by atoms with E-state index in [0.29, 0.717) is 5.02 Å². The number of nitrogens with two attached hydrogens (primary N) is 1. The Kier molecular flexibility index (Phi) is 3.77. The Morgan fingerprint density at radius 3 is 3.05 bits per heavy atom. The number of carbonyl (C=O) groups is 1. The van der Waals surface area contributed by atoms with E-state index in [9.17, 15) is 4.79 Å². The van der Waals surface area contributed by atoms with E-state index < -0.39 is 5.91 Å². The third kappa shape index (κ3) is 2.37. The van der Waals surface area contributed by atoms with Gasteiger partial charge in [-0.15, -0.1) is 0 Å². The highest BCUT2D eigenvalue weighted by Gasteiger charge is 2.30. The summed E-state index contributed by atoms with van der Waals surface area (Å²) in [6.45, 7) is 0.790. The van der Waals surface area contributed by atoms with Crippen molar-refractivity contribution in [2.24, 2.45) is 12.8 Å². The molecule has 7 heteroatoms. The predicted octanol–water partition coefficient (Wildman–Crippen LogP) is 2.17. The summed E-state index contributed by atoms with van der Waals surface area (Å²) in [6, 6.07) is 5.64. The first-order chi connectivity index (χ1) is 10.0. The fraction of sp³-hybridized carbons (Fsp3) is 0.286. The van der Waals surface area contributed by atoms with Crippen molar-refractivity contribution in [2.75, 3.05) is 6.54 Å². The monoisotopic (exact) mass is 368 g/mol. The Morgan fingerprint density at radius 2 is 2.33 bits per heavy atom. The topological polar surface area (TPSA) is 72.9 Å². The molecule has 21 heavy (non-hydrogen) atoms. The number of imidazole rings is 1. The summed E-state index contributed by atoms with van der Waals surface area (Å²) >= 11 is 9.83. The SMILES string of the molecule is Cn1c(C(N)=O)nc2c1CCNC2c1cccc(Br)c1Cl. The molecule has 1 aromatic heterocycles. The van der Waals surface area contributed by atoms with Crippen LogP contribution in [0.5, 0.6) is 0 Å². The number of fused-ring (bicyclic) bond motifs is 1. The van der Waals surface area contributed by atoms with Crippen molar-refractivity contribution >= 4 is 33.4 Å². The predicted molar refractivity (Wildman–Crippen MR) is 84.4 cm³/mol. The van der Waals surface area contributed by atoms with Gasteiger partial charge in [0.15, 0.2) is 5.82 Å². The minimum atomic E-state index is -0.522. The van der Waals surface area contributed by atoms with Crippen molar-refractivity contribution in [1.82, 2.24) is 14.9 Å². The zero-order valence-corrected chi connectivity index (χ0v) is 13.7. The Hall–Kier alpha value is -1.37. The highest BCUT2D eigenvalue weighted by molar-refractivity contribution is 9.10. The molecule has 2 aromatic rings.